The van der Waals surface area contributed by atoms with Crippen molar-refractivity contribution in [3.63, 3.8) is 0 Å². The summed E-state index contributed by atoms with van der Waals surface area (Å²) in [6.07, 6.45) is 1.37. The van der Waals surface area contributed by atoms with Crippen LogP contribution in [0, 0.1) is 10.1 Å². The van der Waals surface area contributed by atoms with E-state index < -0.39 is 20.6 Å². The second kappa shape index (κ2) is 9.87. The normalized spacial score (nSPS) is 11.8. The number of hydrogen-bond donors (Lipinski definition) is 2. The van der Waals surface area contributed by atoms with Crippen LogP contribution >= 0.6 is 15.9 Å². The van der Waals surface area contributed by atoms with Crippen LogP contribution < -0.4 is 10.2 Å². The van der Waals surface area contributed by atoms with Crippen LogP contribution in [0.5, 0.6) is 11.5 Å². The second-order valence-electron chi connectivity index (χ2n) is 5.95. The highest BCUT2D eigenvalue weighted by atomic mass is 79.9. The summed E-state index contributed by atoms with van der Waals surface area (Å²) < 4.78 is 31.9. The Morgan fingerprint density at radius 3 is 2.53 bits per heavy atom. The summed E-state index contributed by atoms with van der Waals surface area (Å²) in [5, 5.41) is 25.3. The molecule has 0 unspecified atom stereocenters. The third-order valence-corrected chi connectivity index (χ3v) is 6.83. The Hall–Kier alpha value is -2.70. The molecule has 0 aromatic heterocycles. The number of halogens is 1. The van der Waals surface area contributed by atoms with Gasteiger partial charge in [0.2, 0.25) is 10.0 Å². The first-order valence-corrected chi connectivity index (χ1v) is 11.0. The van der Waals surface area contributed by atoms with Crippen molar-refractivity contribution in [1.29, 1.82) is 0 Å². The van der Waals surface area contributed by atoms with E-state index in [1.165, 1.54) is 35.8 Å². The molecule has 0 fully saturated rings. The standard InChI is InChI=1S/C18H21BrN4O6S/c1-4-22(5-2)30(27,28)13-6-7-15(16(10-13)23(25)26)21-20-11-12-8-14(19)18(24)17(9-12)29-3/h6-11,21,24H,4-5H2,1-3H3/b20-11+. The van der Waals surface area contributed by atoms with Crippen LogP contribution in [0.25, 0.3) is 0 Å². The van der Waals surface area contributed by atoms with Crippen molar-refractivity contribution in [3.05, 3.63) is 50.5 Å². The lowest BCUT2D eigenvalue weighted by Crippen LogP contribution is -2.30. The van der Waals surface area contributed by atoms with E-state index >= 15 is 0 Å². The van der Waals surface area contributed by atoms with E-state index in [0.29, 0.717) is 10.0 Å². The number of benzene rings is 2. The lowest BCUT2D eigenvalue weighted by atomic mass is 10.2. The Labute approximate surface area is 182 Å². The highest BCUT2D eigenvalue weighted by Gasteiger charge is 2.25. The van der Waals surface area contributed by atoms with Crippen molar-refractivity contribution in [2.75, 3.05) is 25.6 Å². The lowest BCUT2D eigenvalue weighted by molar-refractivity contribution is -0.384. The molecule has 0 spiro atoms. The first-order chi connectivity index (χ1) is 14.1. The summed E-state index contributed by atoms with van der Waals surface area (Å²) in [5.74, 6) is 0.158. The number of phenolic OH excluding ortho intramolecular Hbond substituents is 1. The van der Waals surface area contributed by atoms with Gasteiger partial charge in [-0.2, -0.15) is 9.41 Å². The summed E-state index contributed by atoms with van der Waals surface area (Å²) in [6, 6.07) is 6.69. The third-order valence-electron chi connectivity index (χ3n) is 4.18. The zero-order valence-corrected chi connectivity index (χ0v) is 18.9. The van der Waals surface area contributed by atoms with Crippen LogP contribution in [0.3, 0.4) is 0 Å². The molecule has 162 valence electrons. The smallest absolute Gasteiger partial charge is 0.295 e. The number of sulfonamides is 1. The van der Waals surface area contributed by atoms with Gasteiger partial charge in [-0.1, -0.05) is 13.8 Å². The molecule has 0 saturated carbocycles. The first kappa shape index (κ1) is 23.6. The van der Waals surface area contributed by atoms with Gasteiger partial charge >= 0.3 is 0 Å². The van der Waals surface area contributed by atoms with Gasteiger partial charge in [0.15, 0.2) is 11.5 Å². The topological polar surface area (TPSA) is 134 Å². The lowest BCUT2D eigenvalue weighted by Gasteiger charge is -2.18. The second-order valence-corrected chi connectivity index (χ2v) is 8.74. The quantitative estimate of drug-likeness (QED) is 0.305. The van der Waals surface area contributed by atoms with E-state index in [0.717, 1.165) is 6.07 Å². The molecular weight excluding hydrogens is 480 g/mol. The van der Waals surface area contributed by atoms with E-state index in [-0.39, 0.29) is 35.2 Å². The number of ether oxygens (including phenoxy) is 1. The summed E-state index contributed by atoms with van der Waals surface area (Å²) in [6.45, 7) is 3.89. The number of phenols is 1. The number of methoxy groups -OCH3 is 1. The molecule has 0 aliphatic rings. The van der Waals surface area contributed by atoms with Crippen LogP contribution in [0.4, 0.5) is 11.4 Å². The predicted molar refractivity (Wildman–Crippen MR) is 117 cm³/mol. The largest absolute Gasteiger partial charge is 0.503 e. The minimum atomic E-state index is -3.83. The molecule has 2 rings (SSSR count). The van der Waals surface area contributed by atoms with Gasteiger partial charge in [-0.05, 0) is 45.8 Å². The molecule has 2 N–H and O–H groups in total. The van der Waals surface area contributed by atoms with Gasteiger partial charge < -0.3 is 9.84 Å². The monoisotopic (exact) mass is 500 g/mol. The molecule has 30 heavy (non-hydrogen) atoms. The Morgan fingerprint density at radius 2 is 1.97 bits per heavy atom. The number of nitro groups is 1. The molecule has 2 aromatic rings. The predicted octanol–water partition coefficient (Wildman–Crippen LogP) is 3.55. The Bertz CT molecular complexity index is 1070. The number of aromatic hydroxyl groups is 1. The van der Waals surface area contributed by atoms with E-state index in [1.54, 1.807) is 19.9 Å². The molecule has 0 heterocycles. The third kappa shape index (κ3) is 5.07. The molecule has 0 amide bonds. The highest BCUT2D eigenvalue weighted by Crippen LogP contribution is 2.35. The van der Waals surface area contributed by atoms with Gasteiger partial charge in [-0.3, -0.25) is 15.5 Å². The van der Waals surface area contributed by atoms with Crippen LogP contribution in [0.2, 0.25) is 0 Å². The molecule has 12 heteroatoms. The van der Waals surface area contributed by atoms with E-state index in [9.17, 15) is 23.6 Å². The van der Waals surface area contributed by atoms with E-state index in [1.807, 2.05) is 0 Å². The zero-order valence-electron chi connectivity index (χ0n) is 16.5. The molecule has 0 aliphatic heterocycles. The van der Waals surface area contributed by atoms with Crippen molar-refractivity contribution in [2.24, 2.45) is 5.10 Å². The number of hydrazone groups is 1. The van der Waals surface area contributed by atoms with Gasteiger partial charge in [0, 0.05) is 19.2 Å². The fourth-order valence-corrected chi connectivity index (χ4v) is 4.57. The molecule has 10 nitrogen and oxygen atoms in total. The van der Waals surface area contributed by atoms with E-state index in [2.05, 4.69) is 26.5 Å². The number of nitrogens with zero attached hydrogens (tertiary/aromatic N) is 3. The van der Waals surface area contributed by atoms with Gasteiger partial charge in [0.05, 0.1) is 27.6 Å². The molecule has 0 atom stereocenters. The van der Waals surface area contributed by atoms with Crippen molar-refractivity contribution in [3.8, 4) is 11.5 Å². The van der Waals surface area contributed by atoms with Gasteiger partial charge in [0.1, 0.15) is 5.69 Å². The molecule has 0 aliphatic carbocycles. The number of nitrogens with one attached hydrogen (secondary N) is 1. The van der Waals surface area contributed by atoms with Crippen LogP contribution in [0.15, 0.2) is 44.8 Å². The summed E-state index contributed by atoms with van der Waals surface area (Å²) in [4.78, 5) is 10.6. The number of hydrogen-bond acceptors (Lipinski definition) is 8. The molecule has 0 bridgehead atoms. The van der Waals surface area contributed by atoms with Gasteiger partial charge in [-0.15, -0.1) is 0 Å². The fourth-order valence-electron chi connectivity index (χ4n) is 2.63. The highest BCUT2D eigenvalue weighted by molar-refractivity contribution is 9.10. The minimum Gasteiger partial charge on any atom is -0.503 e. The molecule has 0 saturated heterocycles. The maximum absolute atomic E-state index is 12.6. The zero-order chi connectivity index (χ0) is 22.5. The van der Waals surface area contributed by atoms with Crippen LogP contribution in [-0.2, 0) is 10.0 Å². The Morgan fingerprint density at radius 1 is 1.30 bits per heavy atom. The maximum Gasteiger partial charge on any atom is 0.295 e. The molecule has 2 aromatic carbocycles. The molecular formula is C18H21BrN4O6S. The van der Waals surface area contributed by atoms with Crippen molar-refractivity contribution in [2.45, 2.75) is 18.7 Å². The maximum atomic E-state index is 12.6. The van der Waals surface area contributed by atoms with Crippen molar-refractivity contribution < 1.29 is 23.2 Å². The SMILES string of the molecule is CCN(CC)S(=O)(=O)c1ccc(N/N=C/c2cc(Br)c(O)c(OC)c2)c([N+](=O)[O-])c1. The molecule has 0 radical (unpaired) electrons. The van der Waals surface area contributed by atoms with Gasteiger partial charge in [0.25, 0.3) is 5.69 Å². The Balaban J connectivity index is 2.34. The van der Waals surface area contributed by atoms with Crippen LogP contribution in [0.1, 0.15) is 19.4 Å². The fraction of sp³-hybridized carbons (Fsp3) is 0.278. The van der Waals surface area contributed by atoms with Crippen LogP contribution in [-0.4, -0.2) is 49.2 Å². The average Bonchev–Trinajstić information content (AvgIpc) is 2.71. The number of rotatable bonds is 9. The summed E-state index contributed by atoms with van der Waals surface area (Å²) >= 11 is 3.19. The van der Waals surface area contributed by atoms with Crippen molar-refractivity contribution >= 4 is 43.5 Å². The minimum absolute atomic E-state index is 0.0274. The van der Waals surface area contributed by atoms with Crippen molar-refractivity contribution in [1.82, 2.24) is 4.31 Å². The Kier molecular flexibility index (Phi) is 7.76. The number of nitro benzene ring substituents is 1. The first-order valence-electron chi connectivity index (χ1n) is 8.79. The van der Waals surface area contributed by atoms with E-state index in [4.69, 9.17) is 4.74 Å². The summed E-state index contributed by atoms with van der Waals surface area (Å²) in [5.41, 5.74) is 2.70. The number of anilines is 1. The summed E-state index contributed by atoms with van der Waals surface area (Å²) in [7, 11) is -2.43. The van der Waals surface area contributed by atoms with Gasteiger partial charge in [-0.25, -0.2) is 8.42 Å². The average molecular weight is 501 g/mol.